The van der Waals surface area contributed by atoms with Gasteiger partial charge in [-0.05, 0) is 137 Å². The summed E-state index contributed by atoms with van der Waals surface area (Å²) in [6.45, 7) is 0. The van der Waals surface area contributed by atoms with Gasteiger partial charge in [0.1, 0.15) is 0 Å². The first kappa shape index (κ1) is 49.6. The molecule has 0 aliphatic carbocycles. The van der Waals surface area contributed by atoms with Crippen molar-refractivity contribution in [2.75, 3.05) is 0 Å². The predicted octanol–water partition coefficient (Wildman–Crippen LogP) is 21.2. The predicted molar refractivity (Wildman–Crippen MR) is 367 cm³/mol. The largest absolute Gasteiger partial charge is 0.309 e. The molecule has 6 nitrogen and oxygen atoms in total. The summed E-state index contributed by atoms with van der Waals surface area (Å²) in [7, 11) is 0. The monoisotopic (exact) mass is 1120 g/mol. The zero-order valence-electron chi connectivity index (χ0n) is 47.7. The second kappa shape index (κ2) is 19.9. The molecule has 5 aromatic heterocycles. The van der Waals surface area contributed by atoms with Crippen molar-refractivity contribution in [2.24, 2.45) is 0 Å². The third kappa shape index (κ3) is 7.76. The van der Waals surface area contributed by atoms with Gasteiger partial charge < -0.3 is 13.7 Å². The Kier molecular flexibility index (Phi) is 11.2. The molecule has 18 aromatic rings. The molecule has 0 aliphatic rings. The van der Waals surface area contributed by atoms with Crippen molar-refractivity contribution in [3.63, 3.8) is 0 Å². The third-order valence-corrected chi connectivity index (χ3v) is 18.0. The highest BCUT2D eigenvalue weighted by atomic mass is 15.2. The number of para-hydroxylation sites is 6. The normalized spacial score (nSPS) is 11.9. The molecule has 5 heterocycles. The van der Waals surface area contributed by atoms with Crippen molar-refractivity contribution in [1.29, 1.82) is 0 Å². The summed E-state index contributed by atoms with van der Waals surface area (Å²) in [5.41, 5.74) is 22.4. The minimum atomic E-state index is 0.577. The van der Waals surface area contributed by atoms with Crippen LogP contribution in [0.2, 0.25) is 0 Å². The van der Waals surface area contributed by atoms with Crippen LogP contribution in [-0.4, -0.2) is 28.2 Å². The fourth-order valence-corrected chi connectivity index (χ4v) is 14.1. The molecule has 0 saturated heterocycles. The van der Waals surface area contributed by atoms with Gasteiger partial charge in [0.15, 0.2) is 0 Å². The lowest BCUT2D eigenvalue weighted by Gasteiger charge is -2.20. The van der Waals surface area contributed by atoms with E-state index in [1.165, 1.54) is 54.4 Å². The van der Waals surface area contributed by atoms with E-state index in [2.05, 4.69) is 334 Å². The standard InChI is InChI=1S/C82H52N6/c1-4-23-53(24-5-1)57-48-67(54-25-6-2-7-26-54)81(68(49-57)55-27-8-3-9-28-55)72-52-71(83-82(84-72)88-78-42-21-15-36-66(78)70-51-60(44-46-80(70)88)87-75-39-18-12-33-63(75)64-34-13-19-40-76(64)87)56-29-22-30-58(47-56)85-77-41-20-14-35-65(77)69-50-59(43-45-79(69)85)86-73-37-16-10-31-61(73)62-32-11-17-38-74(62)86/h1-52H. The van der Waals surface area contributed by atoms with Gasteiger partial charge in [-0.2, -0.15) is 0 Å². The summed E-state index contributed by atoms with van der Waals surface area (Å²) in [5.74, 6) is 0.577. The molecular formula is C82H52N6. The van der Waals surface area contributed by atoms with E-state index in [0.29, 0.717) is 5.95 Å². The summed E-state index contributed by atoms with van der Waals surface area (Å²) in [6, 6.07) is 114. The second-order valence-electron chi connectivity index (χ2n) is 22.9. The van der Waals surface area contributed by atoms with Gasteiger partial charge in [0.2, 0.25) is 5.95 Å². The van der Waals surface area contributed by atoms with E-state index in [-0.39, 0.29) is 0 Å². The molecule has 0 unspecified atom stereocenters. The molecule has 0 saturated carbocycles. The van der Waals surface area contributed by atoms with Gasteiger partial charge in [0.05, 0.1) is 55.5 Å². The van der Waals surface area contributed by atoms with E-state index in [9.17, 15) is 0 Å². The highest BCUT2D eigenvalue weighted by molar-refractivity contribution is 6.14. The van der Waals surface area contributed by atoms with Crippen LogP contribution in [0.15, 0.2) is 315 Å². The Morgan fingerprint density at radius 2 is 0.523 bits per heavy atom. The first-order valence-electron chi connectivity index (χ1n) is 30.1. The minimum Gasteiger partial charge on any atom is -0.309 e. The smallest absolute Gasteiger partial charge is 0.235 e. The number of aromatic nitrogens is 6. The molecule has 88 heavy (non-hydrogen) atoms. The summed E-state index contributed by atoms with van der Waals surface area (Å²) < 4.78 is 9.50. The molecule has 0 aliphatic heterocycles. The Morgan fingerprint density at radius 1 is 0.193 bits per heavy atom. The zero-order chi connectivity index (χ0) is 57.8. The number of benzene rings is 13. The molecule has 0 radical (unpaired) electrons. The van der Waals surface area contributed by atoms with Crippen LogP contribution >= 0.6 is 0 Å². The Hall–Kier alpha value is -11.9. The topological polar surface area (TPSA) is 45.5 Å². The lowest BCUT2D eigenvalue weighted by Crippen LogP contribution is -2.05. The van der Waals surface area contributed by atoms with E-state index in [4.69, 9.17) is 9.97 Å². The average molecular weight is 1120 g/mol. The van der Waals surface area contributed by atoms with Crippen LogP contribution < -0.4 is 0 Å². The highest BCUT2D eigenvalue weighted by Gasteiger charge is 2.25. The Balaban J connectivity index is 0.885. The maximum atomic E-state index is 5.86. The van der Waals surface area contributed by atoms with Crippen molar-refractivity contribution in [2.45, 2.75) is 0 Å². The van der Waals surface area contributed by atoms with Gasteiger partial charge in [0, 0.05) is 71.3 Å². The van der Waals surface area contributed by atoms with E-state index in [1.807, 2.05) is 0 Å². The zero-order valence-corrected chi connectivity index (χ0v) is 47.7. The highest BCUT2D eigenvalue weighted by Crippen LogP contribution is 2.46. The van der Waals surface area contributed by atoms with Gasteiger partial charge in [-0.25, -0.2) is 9.97 Å². The maximum Gasteiger partial charge on any atom is 0.235 e. The molecule has 0 spiro atoms. The number of hydrogen-bond donors (Lipinski definition) is 0. The fourth-order valence-electron chi connectivity index (χ4n) is 14.1. The lowest BCUT2D eigenvalue weighted by atomic mass is 9.86. The molecule has 0 fully saturated rings. The molecule has 18 rings (SSSR count). The number of fused-ring (bicyclic) bond motifs is 12. The van der Waals surface area contributed by atoms with Crippen molar-refractivity contribution in [3.8, 4) is 78.9 Å². The summed E-state index contributed by atoms with van der Waals surface area (Å²) in [5, 5.41) is 9.54. The van der Waals surface area contributed by atoms with Crippen LogP contribution in [0.1, 0.15) is 0 Å². The van der Waals surface area contributed by atoms with Crippen molar-refractivity contribution in [1.82, 2.24) is 28.2 Å². The molecular weight excluding hydrogens is 1070 g/mol. The molecule has 0 bridgehead atoms. The number of nitrogens with zero attached hydrogens (tertiary/aromatic N) is 6. The quantitative estimate of drug-likeness (QED) is 0.145. The SMILES string of the molecule is c1ccc(-c2cc(-c3ccccc3)c(-c3cc(-c4cccc(-n5c6ccccc6c6cc(-n7c8ccccc8c8ccccc87)ccc65)c4)nc(-n4c5ccccc5c5cc(-n6c7ccccc7c7ccccc76)ccc54)n3)c(-c3ccccc3)c2)cc1. The average Bonchev–Trinajstić information content (AvgIpc) is 2.06. The lowest BCUT2D eigenvalue weighted by molar-refractivity contribution is 0.995. The first-order valence-corrected chi connectivity index (χ1v) is 30.1. The van der Waals surface area contributed by atoms with Crippen molar-refractivity contribution in [3.05, 3.63) is 315 Å². The Bertz CT molecular complexity index is 5640. The van der Waals surface area contributed by atoms with Crippen molar-refractivity contribution >= 4 is 87.2 Å². The maximum absolute atomic E-state index is 5.86. The van der Waals surface area contributed by atoms with Gasteiger partial charge in [-0.3, -0.25) is 4.57 Å². The Morgan fingerprint density at radius 3 is 0.966 bits per heavy atom. The Labute approximate surface area is 507 Å². The van der Waals surface area contributed by atoms with Crippen molar-refractivity contribution < 1.29 is 0 Å². The van der Waals surface area contributed by atoms with Crippen LogP contribution in [0.25, 0.3) is 166 Å². The van der Waals surface area contributed by atoms with Gasteiger partial charge in [0.25, 0.3) is 0 Å². The van der Waals surface area contributed by atoms with Crippen LogP contribution in [0, 0.1) is 0 Å². The molecule has 410 valence electrons. The molecule has 6 heteroatoms. The molecule has 0 atom stereocenters. The summed E-state index contributed by atoms with van der Waals surface area (Å²) in [6.07, 6.45) is 0. The van der Waals surface area contributed by atoms with Gasteiger partial charge in [-0.15, -0.1) is 0 Å². The first-order chi connectivity index (χ1) is 43.7. The minimum absolute atomic E-state index is 0.577. The van der Waals surface area contributed by atoms with Crippen LogP contribution in [0.4, 0.5) is 0 Å². The second-order valence-corrected chi connectivity index (χ2v) is 22.9. The van der Waals surface area contributed by atoms with E-state index in [0.717, 1.165) is 106 Å². The fraction of sp³-hybridized carbons (Fsp3) is 0. The van der Waals surface area contributed by atoms with Crippen LogP contribution in [0.3, 0.4) is 0 Å². The molecule has 0 N–H and O–H groups in total. The van der Waals surface area contributed by atoms with Crippen LogP contribution in [-0.2, 0) is 0 Å². The van der Waals surface area contributed by atoms with Crippen LogP contribution in [0.5, 0.6) is 0 Å². The van der Waals surface area contributed by atoms with E-state index in [1.54, 1.807) is 0 Å². The molecule has 0 amide bonds. The number of rotatable bonds is 9. The van der Waals surface area contributed by atoms with Gasteiger partial charge >= 0.3 is 0 Å². The van der Waals surface area contributed by atoms with E-state index < -0.39 is 0 Å². The summed E-state index contributed by atoms with van der Waals surface area (Å²) >= 11 is 0. The third-order valence-electron chi connectivity index (χ3n) is 18.0. The summed E-state index contributed by atoms with van der Waals surface area (Å²) in [4.78, 5) is 11.6. The molecule has 13 aromatic carbocycles. The van der Waals surface area contributed by atoms with E-state index >= 15 is 0 Å². The van der Waals surface area contributed by atoms with Gasteiger partial charge in [-0.1, -0.05) is 212 Å². The number of hydrogen-bond acceptors (Lipinski definition) is 2.